The number of hydrogen-bond donors (Lipinski definition) is 2. The maximum Gasteiger partial charge on any atom is 0.404 e. The molecule has 0 spiro atoms. The van der Waals surface area contributed by atoms with Crippen LogP contribution in [-0.4, -0.2) is 18.3 Å². The van der Waals surface area contributed by atoms with Crippen molar-refractivity contribution in [3.63, 3.8) is 0 Å². The predicted octanol–water partition coefficient (Wildman–Crippen LogP) is 4.37. The van der Waals surface area contributed by atoms with Gasteiger partial charge < -0.3 is 16.2 Å². The number of ether oxygens (including phenoxy) is 1. The third-order valence-electron chi connectivity index (χ3n) is 3.39. The normalized spacial score (nSPS) is 12.3. The number of carbonyl (C=O) groups is 1. The van der Waals surface area contributed by atoms with E-state index in [0.29, 0.717) is 12.1 Å². The second kappa shape index (κ2) is 6.77. The van der Waals surface area contributed by atoms with E-state index in [1.54, 1.807) is 0 Å². The van der Waals surface area contributed by atoms with E-state index in [-0.39, 0.29) is 22.7 Å². The Bertz CT molecular complexity index is 786. The lowest BCUT2D eigenvalue weighted by molar-refractivity contribution is -0.253. The summed E-state index contributed by atoms with van der Waals surface area (Å²) < 4.78 is 81.5. The van der Waals surface area contributed by atoms with Gasteiger partial charge in [-0.3, -0.25) is 4.79 Å². The van der Waals surface area contributed by atoms with Crippen LogP contribution >= 0.6 is 0 Å². The standard InChI is InChI=1S/C16H12F6N2O2/c17-15(18,19)13(16(20,21)22)8-1-3-9(4-2-8)26-10-5-6-12(23)11(7-10)14(24)25/h1-7,13H,23H2,(H2,24,25). The second-order valence-electron chi connectivity index (χ2n) is 5.30. The van der Waals surface area contributed by atoms with E-state index in [4.69, 9.17) is 16.2 Å². The molecule has 26 heavy (non-hydrogen) atoms. The number of halogens is 6. The Morgan fingerprint density at radius 2 is 1.38 bits per heavy atom. The number of nitrogens with two attached hydrogens (primary N) is 2. The molecule has 10 heteroatoms. The Kier molecular flexibility index (Phi) is 5.06. The first kappa shape index (κ1) is 19.4. The Morgan fingerprint density at radius 1 is 0.885 bits per heavy atom. The Morgan fingerprint density at radius 3 is 1.85 bits per heavy atom. The van der Waals surface area contributed by atoms with Crippen LogP contribution in [0.5, 0.6) is 11.5 Å². The number of amides is 1. The minimum Gasteiger partial charge on any atom is -0.457 e. The quantitative estimate of drug-likeness (QED) is 0.613. The van der Waals surface area contributed by atoms with Crippen molar-refractivity contribution in [2.75, 3.05) is 5.73 Å². The molecule has 4 nitrogen and oxygen atoms in total. The molecule has 1 amide bonds. The monoisotopic (exact) mass is 378 g/mol. The minimum absolute atomic E-state index is 0.0305. The Labute approximate surface area is 143 Å². The fraction of sp³-hybridized carbons (Fsp3) is 0.188. The first-order chi connectivity index (χ1) is 11.9. The molecule has 140 valence electrons. The molecule has 0 aliphatic heterocycles. The molecule has 0 aliphatic rings. The van der Waals surface area contributed by atoms with Gasteiger partial charge in [0.25, 0.3) is 5.91 Å². The molecule has 0 fully saturated rings. The van der Waals surface area contributed by atoms with E-state index >= 15 is 0 Å². The zero-order valence-electron chi connectivity index (χ0n) is 12.9. The number of alkyl halides is 6. The summed E-state index contributed by atoms with van der Waals surface area (Å²) in [5.41, 5.74) is 9.77. The fourth-order valence-electron chi connectivity index (χ4n) is 2.24. The van der Waals surface area contributed by atoms with Crippen LogP contribution in [-0.2, 0) is 0 Å². The van der Waals surface area contributed by atoms with E-state index in [9.17, 15) is 31.1 Å². The largest absolute Gasteiger partial charge is 0.457 e. The van der Waals surface area contributed by atoms with Crippen molar-refractivity contribution in [3.05, 3.63) is 53.6 Å². The zero-order valence-corrected chi connectivity index (χ0v) is 12.9. The van der Waals surface area contributed by atoms with Crippen molar-refractivity contribution in [1.82, 2.24) is 0 Å². The van der Waals surface area contributed by atoms with E-state index < -0.39 is 29.7 Å². The highest BCUT2D eigenvalue weighted by Gasteiger charge is 2.57. The number of carbonyl (C=O) groups excluding carboxylic acids is 1. The lowest BCUT2D eigenvalue weighted by atomic mass is 9.98. The highest BCUT2D eigenvalue weighted by atomic mass is 19.4. The second-order valence-corrected chi connectivity index (χ2v) is 5.30. The third-order valence-corrected chi connectivity index (χ3v) is 3.39. The van der Waals surface area contributed by atoms with Gasteiger partial charge in [0.15, 0.2) is 5.92 Å². The Balaban J connectivity index is 2.27. The van der Waals surface area contributed by atoms with Crippen LogP contribution in [0.25, 0.3) is 0 Å². The van der Waals surface area contributed by atoms with Gasteiger partial charge in [-0.25, -0.2) is 0 Å². The summed E-state index contributed by atoms with van der Waals surface area (Å²) in [5, 5.41) is 0. The average molecular weight is 378 g/mol. The molecule has 0 radical (unpaired) electrons. The molecule has 0 saturated carbocycles. The van der Waals surface area contributed by atoms with Crippen molar-refractivity contribution in [2.45, 2.75) is 18.3 Å². The van der Waals surface area contributed by atoms with Gasteiger partial charge in [-0.05, 0) is 35.9 Å². The Hall–Kier alpha value is -2.91. The average Bonchev–Trinajstić information content (AvgIpc) is 2.48. The number of rotatable bonds is 4. The van der Waals surface area contributed by atoms with E-state index in [2.05, 4.69) is 0 Å². The van der Waals surface area contributed by atoms with E-state index in [1.165, 1.54) is 18.2 Å². The molecule has 0 heterocycles. The van der Waals surface area contributed by atoms with E-state index in [0.717, 1.165) is 12.1 Å². The molecule has 0 aliphatic carbocycles. The lowest BCUT2D eigenvalue weighted by Gasteiger charge is -2.23. The number of benzene rings is 2. The summed E-state index contributed by atoms with van der Waals surface area (Å²) in [6, 6.07) is 7.16. The van der Waals surface area contributed by atoms with Gasteiger partial charge in [-0.15, -0.1) is 0 Å². The van der Waals surface area contributed by atoms with Gasteiger partial charge in [-0.2, -0.15) is 26.3 Å². The predicted molar refractivity (Wildman–Crippen MR) is 80.7 cm³/mol. The summed E-state index contributed by atoms with van der Waals surface area (Å²) in [5.74, 6) is -4.36. The van der Waals surface area contributed by atoms with Gasteiger partial charge in [0.1, 0.15) is 11.5 Å². The van der Waals surface area contributed by atoms with Crippen molar-refractivity contribution in [2.24, 2.45) is 5.73 Å². The molecular formula is C16H12F6N2O2. The molecule has 0 atom stereocenters. The highest BCUT2D eigenvalue weighted by Crippen LogP contribution is 2.46. The first-order valence-corrected chi connectivity index (χ1v) is 7.00. The first-order valence-electron chi connectivity index (χ1n) is 7.00. The van der Waals surface area contributed by atoms with Crippen LogP contribution in [0.3, 0.4) is 0 Å². The van der Waals surface area contributed by atoms with Crippen LogP contribution < -0.4 is 16.2 Å². The fourth-order valence-corrected chi connectivity index (χ4v) is 2.24. The molecule has 0 unspecified atom stereocenters. The summed E-state index contributed by atoms with van der Waals surface area (Å²) >= 11 is 0. The smallest absolute Gasteiger partial charge is 0.404 e. The van der Waals surface area contributed by atoms with Gasteiger partial charge in [0.2, 0.25) is 0 Å². The van der Waals surface area contributed by atoms with Gasteiger partial charge >= 0.3 is 12.4 Å². The van der Waals surface area contributed by atoms with Gasteiger partial charge in [0, 0.05) is 5.69 Å². The molecular weight excluding hydrogens is 366 g/mol. The third kappa shape index (κ3) is 4.38. The number of primary amides is 1. The number of hydrogen-bond acceptors (Lipinski definition) is 3. The van der Waals surface area contributed by atoms with Crippen LogP contribution in [0.15, 0.2) is 42.5 Å². The highest BCUT2D eigenvalue weighted by molar-refractivity contribution is 5.98. The van der Waals surface area contributed by atoms with E-state index in [1.807, 2.05) is 0 Å². The summed E-state index contributed by atoms with van der Waals surface area (Å²) in [6.07, 6.45) is -11.0. The topological polar surface area (TPSA) is 78.3 Å². The van der Waals surface area contributed by atoms with Gasteiger partial charge in [0.05, 0.1) is 5.56 Å². The molecule has 4 N–H and O–H groups in total. The summed E-state index contributed by atoms with van der Waals surface area (Å²) in [4.78, 5) is 11.2. The van der Waals surface area contributed by atoms with Crippen molar-refractivity contribution in [1.29, 1.82) is 0 Å². The maximum atomic E-state index is 12.7. The molecule has 0 bridgehead atoms. The molecule has 0 saturated heterocycles. The minimum atomic E-state index is -5.48. The lowest BCUT2D eigenvalue weighted by Crippen LogP contribution is -2.34. The van der Waals surface area contributed by atoms with Gasteiger partial charge in [-0.1, -0.05) is 12.1 Å². The zero-order chi connectivity index (χ0) is 19.7. The van der Waals surface area contributed by atoms with Crippen LogP contribution in [0.4, 0.5) is 32.0 Å². The van der Waals surface area contributed by atoms with Crippen LogP contribution in [0, 0.1) is 0 Å². The van der Waals surface area contributed by atoms with Crippen molar-refractivity contribution >= 4 is 11.6 Å². The molecule has 2 rings (SSSR count). The SMILES string of the molecule is NC(=O)c1cc(Oc2ccc(C(C(F)(F)F)C(F)(F)F)cc2)ccc1N. The summed E-state index contributed by atoms with van der Waals surface area (Å²) in [7, 11) is 0. The van der Waals surface area contributed by atoms with Crippen LogP contribution in [0.2, 0.25) is 0 Å². The van der Waals surface area contributed by atoms with Crippen molar-refractivity contribution in [3.8, 4) is 11.5 Å². The van der Waals surface area contributed by atoms with Crippen LogP contribution in [0.1, 0.15) is 21.8 Å². The number of nitrogen functional groups attached to an aromatic ring is 1. The maximum absolute atomic E-state index is 12.7. The molecule has 0 aromatic heterocycles. The molecule has 2 aromatic carbocycles. The summed E-state index contributed by atoms with van der Waals surface area (Å²) in [6.45, 7) is 0. The molecule has 2 aromatic rings. The number of anilines is 1. The van der Waals surface area contributed by atoms with Crippen molar-refractivity contribution < 1.29 is 35.9 Å².